The van der Waals surface area contributed by atoms with Gasteiger partial charge in [-0.25, -0.2) is 0 Å². The number of hydrogen-bond donors (Lipinski definition) is 0. The van der Waals surface area contributed by atoms with Crippen LogP contribution in [-0.4, -0.2) is 19.1 Å². The maximum absolute atomic E-state index is 4.44. The zero-order valence-electron chi connectivity index (χ0n) is 27.9. The first kappa shape index (κ1) is 30.9. The zero-order chi connectivity index (χ0) is 33.3. The summed E-state index contributed by atoms with van der Waals surface area (Å²) in [5.41, 5.74) is 13.1. The molecule has 4 nitrogen and oxygen atoms in total. The van der Waals surface area contributed by atoms with Crippen molar-refractivity contribution in [3.8, 4) is 5.69 Å². The summed E-state index contributed by atoms with van der Waals surface area (Å²) in [6.07, 6.45) is 28.3. The molecule has 0 N–H and O–H groups in total. The van der Waals surface area contributed by atoms with E-state index >= 15 is 0 Å². The summed E-state index contributed by atoms with van der Waals surface area (Å²) in [7, 11) is 0. The van der Waals surface area contributed by atoms with Crippen molar-refractivity contribution in [2.45, 2.75) is 39.0 Å². The van der Waals surface area contributed by atoms with Gasteiger partial charge in [0.1, 0.15) is 0 Å². The summed E-state index contributed by atoms with van der Waals surface area (Å²) in [6.45, 7) is 14.4. The lowest BCUT2D eigenvalue weighted by Crippen LogP contribution is -2.21. The van der Waals surface area contributed by atoms with E-state index in [2.05, 4.69) is 144 Å². The summed E-state index contributed by atoms with van der Waals surface area (Å²) in [5.74, 6) is 0. The monoisotopic (exact) mass is 624 g/mol. The largest absolute Gasteiger partial charge is 0.308 e. The molecular weight excluding hydrogens is 585 g/mol. The van der Waals surface area contributed by atoms with Gasteiger partial charge in [-0.05, 0) is 97.0 Å². The highest BCUT2D eigenvalue weighted by Gasteiger charge is 2.26. The van der Waals surface area contributed by atoms with Crippen LogP contribution in [0.25, 0.3) is 45.3 Å². The van der Waals surface area contributed by atoms with Gasteiger partial charge in [0.2, 0.25) is 0 Å². The van der Waals surface area contributed by atoms with Crippen molar-refractivity contribution in [1.82, 2.24) is 19.1 Å². The van der Waals surface area contributed by atoms with Crippen molar-refractivity contribution < 1.29 is 0 Å². The van der Waals surface area contributed by atoms with Crippen LogP contribution >= 0.6 is 0 Å². The maximum Gasteiger partial charge on any atom is 0.0720 e. The molecule has 0 saturated carbocycles. The van der Waals surface area contributed by atoms with Gasteiger partial charge in [-0.3, -0.25) is 9.97 Å². The molecule has 0 spiro atoms. The predicted octanol–water partition coefficient (Wildman–Crippen LogP) is 10.7. The Hall–Kier alpha value is -5.74. The number of hydrogen-bond acceptors (Lipinski definition) is 2. The van der Waals surface area contributed by atoms with Gasteiger partial charge in [0.05, 0.1) is 23.4 Å². The Morgan fingerprint density at radius 3 is 1.81 bits per heavy atom. The fourth-order valence-electron chi connectivity index (χ4n) is 7.01. The highest BCUT2D eigenvalue weighted by Crippen LogP contribution is 2.38. The van der Waals surface area contributed by atoms with Crippen LogP contribution in [0.2, 0.25) is 0 Å². The van der Waals surface area contributed by atoms with E-state index in [-0.39, 0.29) is 5.41 Å². The van der Waals surface area contributed by atoms with Crippen LogP contribution in [-0.2, 0) is 11.8 Å². The molecule has 0 saturated heterocycles. The van der Waals surface area contributed by atoms with Crippen LogP contribution in [0.15, 0.2) is 141 Å². The normalized spacial score (nSPS) is 16.4. The van der Waals surface area contributed by atoms with Gasteiger partial charge >= 0.3 is 0 Å². The van der Waals surface area contributed by atoms with E-state index in [9.17, 15) is 0 Å². The van der Waals surface area contributed by atoms with Crippen molar-refractivity contribution in [2.24, 2.45) is 0 Å². The number of allylic oxidation sites excluding steroid dienone is 8. The number of aryl methyl sites for hydroxylation is 2. The van der Waals surface area contributed by atoms with Crippen molar-refractivity contribution in [2.75, 3.05) is 0 Å². The number of fused-ring (bicyclic) bond motifs is 2. The third kappa shape index (κ3) is 5.50. The summed E-state index contributed by atoms with van der Waals surface area (Å²) in [5, 5.41) is 2.43. The van der Waals surface area contributed by atoms with E-state index in [1.807, 2.05) is 49.1 Å². The Morgan fingerprint density at radius 1 is 0.729 bits per heavy atom. The Morgan fingerprint density at radius 2 is 1.27 bits per heavy atom. The number of benzene rings is 2. The van der Waals surface area contributed by atoms with E-state index in [4.69, 9.17) is 0 Å². The first-order valence-corrected chi connectivity index (χ1v) is 16.5. The fraction of sp³-hybridized carbons (Fsp3) is 0.136. The van der Waals surface area contributed by atoms with Gasteiger partial charge < -0.3 is 9.13 Å². The average molecular weight is 625 g/mol. The lowest BCUT2D eigenvalue weighted by Gasteiger charge is -2.29. The van der Waals surface area contributed by atoms with Gasteiger partial charge in [-0.2, -0.15) is 0 Å². The number of pyridine rings is 2. The second-order valence-electron chi connectivity index (χ2n) is 12.8. The van der Waals surface area contributed by atoms with E-state index in [1.54, 1.807) is 0 Å². The summed E-state index contributed by atoms with van der Waals surface area (Å²) in [6, 6.07) is 22.2. The first-order chi connectivity index (χ1) is 23.4. The molecule has 0 radical (unpaired) electrons. The molecule has 0 aliphatic heterocycles. The van der Waals surface area contributed by atoms with E-state index in [0.29, 0.717) is 0 Å². The lowest BCUT2D eigenvalue weighted by molar-refractivity contribution is 0.599. The van der Waals surface area contributed by atoms with Gasteiger partial charge in [0.15, 0.2) is 0 Å². The summed E-state index contributed by atoms with van der Waals surface area (Å²) >= 11 is 0. The van der Waals surface area contributed by atoms with Gasteiger partial charge in [0, 0.05) is 51.4 Å². The standard InChI is InChI=1S/C44H40N4/c1-6-8-10-40-31(3)38-22-26-45-29-42(38)47(40)36-18-14-34(15-19-36)28-33-12-16-35(17-13-33)44(5)24-20-37(21-25-44)48-41(11-9-7-2)32(4)39-23-27-46-30-43(39)48/h6-24,26-27,29-30H,1-2,25,28H2,3-5H3/b10-8-,11-9-. The molecule has 1 unspecified atom stereocenters. The Labute approximate surface area is 283 Å². The van der Waals surface area contributed by atoms with Gasteiger partial charge in [0.25, 0.3) is 0 Å². The van der Waals surface area contributed by atoms with Crippen molar-refractivity contribution in [3.63, 3.8) is 0 Å². The molecule has 236 valence electrons. The first-order valence-electron chi connectivity index (χ1n) is 16.5. The minimum absolute atomic E-state index is 0.0820. The molecule has 2 aromatic carbocycles. The van der Waals surface area contributed by atoms with Crippen molar-refractivity contribution in [1.29, 1.82) is 0 Å². The molecule has 4 aromatic heterocycles. The molecule has 1 aliphatic carbocycles. The van der Waals surface area contributed by atoms with Gasteiger partial charge in [-0.15, -0.1) is 0 Å². The second-order valence-corrected chi connectivity index (χ2v) is 12.8. The maximum atomic E-state index is 4.44. The van der Waals surface area contributed by atoms with Crippen molar-refractivity contribution in [3.05, 3.63) is 180 Å². The Bertz CT molecular complexity index is 2280. The third-order valence-corrected chi connectivity index (χ3v) is 9.75. The SMILES string of the molecule is C=C/C=C\c1c(C)c2ccncc2n1C1=CCC(C)(c2ccc(Cc3ccc(-n4c(/C=C\C=C)c(C)c5ccncc54)cc3)cc2)C=C1. The van der Waals surface area contributed by atoms with E-state index in [1.165, 1.54) is 44.3 Å². The fourth-order valence-corrected chi connectivity index (χ4v) is 7.01. The van der Waals surface area contributed by atoms with Crippen LogP contribution in [0.3, 0.4) is 0 Å². The molecule has 7 rings (SSSR count). The zero-order valence-corrected chi connectivity index (χ0v) is 27.9. The van der Waals surface area contributed by atoms with Crippen LogP contribution in [0.4, 0.5) is 0 Å². The average Bonchev–Trinajstić information content (AvgIpc) is 3.57. The van der Waals surface area contributed by atoms with E-state index < -0.39 is 0 Å². The summed E-state index contributed by atoms with van der Waals surface area (Å²) in [4.78, 5) is 8.85. The molecule has 6 aromatic rings. The van der Waals surface area contributed by atoms with E-state index in [0.717, 1.165) is 41.0 Å². The lowest BCUT2D eigenvalue weighted by atomic mass is 9.76. The number of aromatic nitrogens is 4. The van der Waals surface area contributed by atoms with Crippen LogP contribution in [0.1, 0.15) is 52.5 Å². The third-order valence-electron chi connectivity index (χ3n) is 9.75. The molecule has 0 amide bonds. The molecule has 1 atom stereocenters. The minimum Gasteiger partial charge on any atom is -0.308 e. The molecule has 1 aliphatic rings. The predicted molar refractivity (Wildman–Crippen MR) is 203 cm³/mol. The number of nitrogens with zero attached hydrogens (tertiary/aromatic N) is 4. The molecule has 0 bridgehead atoms. The quantitative estimate of drug-likeness (QED) is 0.150. The molecule has 0 fully saturated rings. The highest BCUT2D eigenvalue weighted by atomic mass is 15.0. The highest BCUT2D eigenvalue weighted by molar-refractivity contribution is 5.92. The van der Waals surface area contributed by atoms with Crippen LogP contribution in [0, 0.1) is 13.8 Å². The molecule has 4 heterocycles. The molecule has 4 heteroatoms. The number of rotatable bonds is 9. The van der Waals surface area contributed by atoms with Crippen LogP contribution < -0.4 is 0 Å². The van der Waals surface area contributed by atoms with Crippen LogP contribution in [0.5, 0.6) is 0 Å². The topological polar surface area (TPSA) is 35.6 Å². The van der Waals surface area contributed by atoms with Gasteiger partial charge in [-0.1, -0.05) is 92.9 Å². The smallest absolute Gasteiger partial charge is 0.0720 e. The minimum atomic E-state index is -0.0820. The molecular formula is C44H40N4. The summed E-state index contributed by atoms with van der Waals surface area (Å²) < 4.78 is 4.60. The molecule has 48 heavy (non-hydrogen) atoms. The second kappa shape index (κ2) is 12.8. The Balaban J connectivity index is 1.10. The van der Waals surface area contributed by atoms with Crippen molar-refractivity contribution >= 4 is 39.7 Å². The Kier molecular flexibility index (Phi) is 8.24.